The van der Waals surface area contributed by atoms with Crippen LogP contribution in [0.5, 0.6) is 5.75 Å². The lowest BCUT2D eigenvalue weighted by Crippen LogP contribution is -2.25. The highest BCUT2D eigenvalue weighted by molar-refractivity contribution is 5.69. The Bertz CT molecular complexity index is 617. The Morgan fingerprint density at radius 3 is 1.96 bits per heavy atom. The summed E-state index contributed by atoms with van der Waals surface area (Å²) >= 11 is 0. The molecule has 1 heterocycles. The number of rotatable bonds is 9. The van der Waals surface area contributed by atoms with E-state index < -0.39 is 0 Å². The molecule has 2 rings (SSSR count). The van der Waals surface area contributed by atoms with Gasteiger partial charge in [-0.05, 0) is 29.7 Å². The van der Waals surface area contributed by atoms with Crippen molar-refractivity contribution in [3.63, 3.8) is 0 Å². The molecule has 0 saturated carbocycles. The summed E-state index contributed by atoms with van der Waals surface area (Å²) in [7, 11) is 5.31. The first-order valence-corrected chi connectivity index (χ1v) is 9.13. The fraction of sp³-hybridized carbons (Fsp3) is 0.409. The maximum atomic E-state index is 5.74. The van der Waals surface area contributed by atoms with Crippen LogP contribution in [0.15, 0.2) is 48.8 Å². The van der Waals surface area contributed by atoms with Crippen molar-refractivity contribution in [2.24, 2.45) is 7.05 Å². The predicted octanol–water partition coefficient (Wildman–Crippen LogP) is 4.49. The molecule has 0 aliphatic rings. The summed E-state index contributed by atoms with van der Waals surface area (Å²) in [5.74, 6) is 0.880. The zero-order valence-corrected chi connectivity index (χ0v) is 16.6. The second-order valence-electron chi connectivity index (χ2n) is 5.59. The van der Waals surface area contributed by atoms with Crippen molar-refractivity contribution in [2.75, 3.05) is 20.8 Å². The van der Waals surface area contributed by atoms with Crippen LogP contribution in [0.2, 0.25) is 0 Å². The smallest absolute Gasteiger partial charge is 0.169 e. The van der Waals surface area contributed by atoms with E-state index in [0.717, 1.165) is 24.2 Å². The van der Waals surface area contributed by atoms with Gasteiger partial charge in [0.15, 0.2) is 18.7 Å². The molecule has 4 heteroatoms. The number of aryl methyl sites for hydroxylation is 1. The molecule has 1 aromatic carbocycles. The van der Waals surface area contributed by atoms with Crippen LogP contribution in [-0.2, 0) is 16.5 Å². The monoisotopic (exact) mass is 358 g/mol. The standard InChI is InChI=1S/C20H26NO3.C2H6/c1-21-14-12-18(13-15-21)7-6-17-8-10-19(11-9-17)24-16-4-5-20(22-2)23-3;1-2/h6-15,20H,4-5,16H2,1-3H3;1-2H3/q+1;/b7-6+;. The molecule has 0 atom stereocenters. The lowest BCUT2D eigenvalue weighted by molar-refractivity contribution is -0.671. The number of methoxy groups -OCH3 is 2. The maximum Gasteiger partial charge on any atom is 0.169 e. The SMILES string of the molecule is CC.COC(CCCOc1ccc(/C=C/c2cc[n+](C)cc2)cc1)OC. The summed E-state index contributed by atoms with van der Waals surface area (Å²) in [4.78, 5) is 0. The molecule has 2 aromatic rings. The van der Waals surface area contributed by atoms with Crippen LogP contribution in [0, 0.1) is 0 Å². The van der Waals surface area contributed by atoms with Crippen molar-refractivity contribution in [3.05, 3.63) is 59.9 Å². The van der Waals surface area contributed by atoms with Crippen molar-refractivity contribution in [3.8, 4) is 5.75 Å². The fourth-order valence-electron chi connectivity index (χ4n) is 2.26. The number of benzene rings is 1. The average molecular weight is 359 g/mol. The molecule has 0 aliphatic heterocycles. The van der Waals surface area contributed by atoms with Crippen LogP contribution in [0.1, 0.15) is 37.8 Å². The van der Waals surface area contributed by atoms with Crippen LogP contribution < -0.4 is 9.30 Å². The zero-order valence-electron chi connectivity index (χ0n) is 16.6. The van der Waals surface area contributed by atoms with Gasteiger partial charge < -0.3 is 14.2 Å². The van der Waals surface area contributed by atoms with Crippen molar-refractivity contribution in [1.29, 1.82) is 0 Å². The van der Waals surface area contributed by atoms with Gasteiger partial charge in [0, 0.05) is 32.8 Å². The summed E-state index contributed by atoms with van der Waals surface area (Å²) in [5.41, 5.74) is 2.33. The molecule has 0 N–H and O–H groups in total. The Morgan fingerprint density at radius 2 is 1.42 bits per heavy atom. The molecule has 4 nitrogen and oxygen atoms in total. The largest absolute Gasteiger partial charge is 0.494 e. The maximum absolute atomic E-state index is 5.74. The van der Waals surface area contributed by atoms with Crippen molar-refractivity contribution < 1.29 is 18.8 Å². The van der Waals surface area contributed by atoms with Crippen LogP contribution >= 0.6 is 0 Å². The van der Waals surface area contributed by atoms with Gasteiger partial charge in [-0.3, -0.25) is 0 Å². The van der Waals surface area contributed by atoms with Gasteiger partial charge in [-0.1, -0.05) is 38.1 Å². The van der Waals surface area contributed by atoms with E-state index in [9.17, 15) is 0 Å². The molecule has 142 valence electrons. The highest BCUT2D eigenvalue weighted by Gasteiger charge is 2.04. The summed E-state index contributed by atoms with van der Waals surface area (Å²) in [6, 6.07) is 12.3. The van der Waals surface area contributed by atoms with Gasteiger partial charge in [0.2, 0.25) is 0 Å². The highest BCUT2D eigenvalue weighted by Crippen LogP contribution is 2.15. The quantitative estimate of drug-likeness (QED) is 0.376. The molecule has 0 radical (unpaired) electrons. The first-order chi connectivity index (χ1) is 12.7. The van der Waals surface area contributed by atoms with Crippen molar-refractivity contribution in [1.82, 2.24) is 0 Å². The molecule has 0 unspecified atom stereocenters. The third kappa shape index (κ3) is 8.28. The first kappa shape index (κ1) is 21.9. The fourth-order valence-corrected chi connectivity index (χ4v) is 2.26. The van der Waals surface area contributed by atoms with Gasteiger partial charge in [-0.25, -0.2) is 4.57 Å². The molecule has 1 aromatic heterocycles. The molecule has 0 amide bonds. The minimum atomic E-state index is -0.152. The summed E-state index contributed by atoms with van der Waals surface area (Å²) in [6.07, 6.45) is 9.83. The molecule has 0 spiro atoms. The molecular formula is C22H32NO3+. The number of aromatic nitrogens is 1. The van der Waals surface area contributed by atoms with Gasteiger partial charge in [-0.2, -0.15) is 0 Å². The van der Waals surface area contributed by atoms with Crippen LogP contribution in [-0.4, -0.2) is 27.1 Å². The molecule has 0 fully saturated rings. The lowest BCUT2D eigenvalue weighted by Gasteiger charge is -2.13. The third-order valence-corrected chi connectivity index (χ3v) is 3.73. The second-order valence-corrected chi connectivity index (χ2v) is 5.59. The summed E-state index contributed by atoms with van der Waals surface area (Å²) in [6.45, 7) is 4.65. The third-order valence-electron chi connectivity index (χ3n) is 3.73. The van der Waals surface area contributed by atoms with Gasteiger partial charge >= 0.3 is 0 Å². The van der Waals surface area contributed by atoms with Crippen molar-refractivity contribution in [2.45, 2.75) is 33.0 Å². The molecular weight excluding hydrogens is 326 g/mol. The Hall–Kier alpha value is -2.17. The molecule has 0 saturated heterocycles. The van der Waals surface area contributed by atoms with Gasteiger partial charge in [0.25, 0.3) is 0 Å². The Balaban J connectivity index is 0.00000163. The van der Waals surface area contributed by atoms with Crippen molar-refractivity contribution >= 4 is 12.2 Å². The topological polar surface area (TPSA) is 31.6 Å². The van der Waals surface area contributed by atoms with E-state index in [2.05, 4.69) is 36.4 Å². The van der Waals surface area contributed by atoms with Crippen LogP contribution in [0.25, 0.3) is 12.2 Å². The van der Waals surface area contributed by atoms with Crippen LogP contribution in [0.4, 0.5) is 0 Å². The number of nitrogens with zero attached hydrogens (tertiary/aromatic N) is 1. The van der Waals surface area contributed by atoms with E-state index in [-0.39, 0.29) is 6.29 Å². The van der Waals surface area contributed by atoms with E-state index >= 15 is 0 Å². The van der Waals surface area contributed by atoms with E-state index in [1.165, 1.54) is 5.56 Å². The van der Waals surface area contributed by atoms with E-state index in [1.807, 2.05) is 50.0 Å². The van der Waals surface area contributed by atoms with Gasteiger partial charge in [-0.15, -0.1) is 0 Å². The molecule has 0 bridgehead atoms. The Kier molecular flexibility index (Phi) is 11.0. The van der Waals surface area contributed by atoms with E-state index in [1.54, 1.807) is 14.2 Å². The number of hydrogen-bond acceptors (Lipinski definition) is 3. The Labute approximate surface area is 158 Å². The number of pyridine rings is 1. The minimum absolute atomic E-state index is 0.152. The number of hydrogen-bond donors (Lipinski definition) is 0. The van der Waals surface area contributed by atoms with E-state index in [0.29, 0.717) is 6.61 Å². The zero-order chi connectivity index (χ0) is 19.2. The second kappa shape index (κ2) is 13.1. The first-order valence-electron chi connectivity index (χ1n) is 9.13. The summed E-state index contributed by atoms with van der Waals surface area (Å²) in [5, 5.41) is 0. The van der Waals surface area contributed by atoms with Crippen LogP contribution in [0.3, 0.4) is 0 Å². The predicted molar refractivity (Wildman–Crippen MR) is 107 cm³/mol. The molecule has 26 heavy (non-hydrogen) atoms. The normalized spacial score (nSPS) is 10.7. The minimum Gasteiger partial charge on any atom is -0.494 e. The van der Waals surface area contributed by atoms with Gasteiger partial charge in [0.1, 0.15) is 12.8 Å². The lowest BCUT2D eigenvalue weighted by atomic mass is 10.1. The highest BCUT2D eigenvalue weighted by atomic mass is 16.7. The summed E-state index contributed by atoms with van der Waals surface area (Å²) < 4.78 is 18.1. The number of ether oxygens (including phenoxy) is 3. The van der Waals surface area contributed by atoms with E-state index in [4.69, 9.17) is 14.2 Å². The average Bonchev–Trinajstić information content (AvgIpc) is 2.70. The van der Waals surface area contributed by atoms with Gasteiger partial charge in [0.05, 0.1) is 6.61 Å². The molecule has 0 aliphatic carbocycles. The Morgan fingerprint density at radius 1 is 0.885 bits per heavy atom.